The van der Waals surface area contributed by atoms with Crippen molar-refractivity contribution >= 4 is 40.9 Å². The first kappa shape index (κ1) is 21.1. The van der Waals surface area contributed by atoms with E-state index in [-0.39, 0.29) is 11.2 Å². The summed E-state index contributed by atoms with van der Waals surface area (Å²) >= 11 is 7.82. The lowest BCUT2D eigenvalue weighted by Gasteiger charge is -2.21. The zero-order valence-corrected chi connectivity index (χ0v) is 17.0. The standard InChI is InChI=1S/C18H18ClNO2S.C2H4O2/c1-3-12-13(5-4-6-16(12)22-2)18-14-9-11(19)7-8-15(14)20-17(21)10-23-18;1-2(3)4/h4-9,18H,3,10H2,1-2H3,(H,20,21);1H3,(H,3,4)/t18-;/m1./s1. The van der Waals surface area contributed by atoms with Gasteiger partial charge in [0.25, 0.3) is 5.97 Å². The molecule has 5 nitrogen and oxygen atoms in total. The number of methoxy groups -OCH3 is 1. The molecule has 2 aromatic carbocycles. The summed E-state index contributed by atoms with van der Waals surface area (Å²) in [6.45, 7) is 3.20. The molecule has 2 aromatic rings. The van der Waals surface area contributed by atoms with Crippen molar-refractivity contribution in [2.24, 2.45) is 0 Å². The van der Waals surface area contributed by atoms with Gasteiger partial charge in [-0.2, -0.15) is 0 Å². The minimum absolute atomic E-state index is 0.0158. The lowest BCUT2D eigenvalue weighted by molar-refractivity contribution is -0.134. The quantitative estimate of drug-likeness (QED) is 0.765. The third-order valence-electron chi connectivity index (χ3n) is 3.98. The van der Waals surface area contributed by atoms with Crippen LogP contribution < -0.4 is 10.1 Å². The van der Waals surface area contributed by atoms with Gasteiger partial charge in [-0.15, -0.1) is 11.8 Å². The Balaban J connectivity index is 0.000000596. The molecule has 1 atom stereocenters. The van der Waals surface area contributed by atoms with Gasteiger partial charge in [0.2, 0.25) is 5.91 Å². The van der Waals surface area contributed by atoms with Gasteiger partial charge in [0, 0.05) is 17.6 Å². The van der Waals surface area contributed by atoms with E-state index in [1.54, 1.807) is 24.9 Å². The monoisotopic (exact) mass is 407 g/mol. The Bertz CT molecular complexity index is 837. The number of hydrogen-bond donors (Lipinski definition) is 2. The first-order chi connectivity index (χ1) is 12.9. The fourth-order valence-corrected chi connectivity index (χ4v) is 4.30. The van der Waals surface area contributed by atoms with Crippen LogP contribution in [0.1, 0.15) is 35.8 Å². The third kappa shape index (κ3) is 5.40. The largest absolute Gasteiger partial charge is 0.496 e. The Kier molecular flexibility index (Phi) is 7.56. The number of carbonyl (C=O) groups is 2. The number of aliphatic carboxylic acids is 1. The van der Waals surface area contributed by atoms with Crippen LogP contribution in [0.3, 0.4) is 0 Å². The summed E-state index contributed by atoms with van der Waals surface area (Å²) in [6.07, 6.45) is 0.869. The van der Waals surface area contributed by atoms with Gasteiger partial charge in [-0.05, 0) is 47.4 Å². The molecule has 2 N–H and O–H groups in total. The van der Waals surface area contributed by atoms with Crippen molar-refractivity contribution in [2.45, 2.75) is 25.5 Å². The van der Waals surface area contributed by atoms with Gasteiger partial charge in [0.15, 0.2) is 0 Å². The van der Waals surface area contributed by atoms with E-state index in [1.807, 2.05) is 24.3 Å². The average molecular weight is 408 g/mol. The summed E-state index contributed by atoms with van der Waals surface area (Å²) in [7, 11) is 1.69. The highest BCUT2D eigenvalue weighted by Crippen LogP contribution is 2.45. The summed E-state index contributed by atoms with van der Waals surface area (Å²) in [4.78, 5) is 21.0. The average Bonchev–Trinajstić information content (AvgIpc) is 2.78. The van der Waals surface area contributed by atoms with Crippen LogP contribution in [0.4, 0.5) is 5.69 Å². The molecule has 0 aromatic heterocycles. The number of carboxylic acid groups (broad SMARTS) is 1. The molecule has 3 rings (SSSR count). The fraction of sp³-hybridized carbons (Fsp3) is 0.300. The molecule has 1 heterocycles. The van der Waals surface area contributed by atoms with Crippen molar-refractivity contribution in [3.8, 4) is 5.75 Å². The molecule has 0 saturated heterocycles. The number of rotatable bonds is 3. The van der Waals surface area contributed by atoms with Gasteiger partial charge in [0.05, 0.1) is 18.1 Å². The normalized spacial score (nSPS) is 15.6. The molecular formula is C20H22ClNO4S. The molecular weight excluding hydrogens is 386 g/mol. The van der Waals surface area contributed by atoms with E-state index in [4.69, 9.17) is 26.2 Å². The highest BCUT2D eigenvalue weighted by Gasteiger charge is 2.26. The van der Waals surface area contributed by atoms with E-state index in [1.165, 1.54) is 11.1 Å². The van der Waals surface area contributed by atoms with E-state index >= 15 is 0 Å². The molecule has 0 fully saturated rings. The zero-order chi connectivity index (χ0) is 20.0. The van der Waals surface area contributed by atoms with Crippen LogP contribution in [-0.2, 0) is 16.0 Å². The highest BCUT2D eigenvalue weighted by atomic mass is 35.5. The second-order valence-corrected chi connectivity index (χ2v) is 7.40. The van der Waals surface area contributed by atoms with Gasteiger partial charge >= 0.3 is 0 Å². The van der Waals surface area contributed by atoms with Crippen molar-refractivity contribution < 1.29 is 19.4 Å². The molecule has 0 spiro atoms. The number of ether oxygens (including phenoxy) is 1. The van der Waals surface area contributed by atoms with Crippen LogP contribution in [0.15, 0.2) is 36.4 Å². The Labute approximate surface area is 168 Å². The SMILES string of the molecule is CC(=O)O.CCc1c(OC)cccc1[C@H]1SCC(=O)Nc2ccc(Cl)cc21. The molecule has 0 unspecified atom stereocenters. The summed E-state index contributed by atoms with van der Waals surface area (Å²) < 4.78 is 5.51. The summed E-state index contributed by atoms with van der Waals surface area (Å²) in [5.41, 5.74) is 4.22. The highest BCUT2D eigenvalue weighted by molar-refractivity contribution is 8.00. The van der Waals surface area contributed by atoms with Gasteiger partial charge in [-0.1, -0.05) is 30.7 Å². The van der Waals surface area contributed by atoms with Crippen molar-refractivity contribution in [2.75, 3.05) is 18.2 Å². The lowest BCUT2D eigenvalue weighted by Crippen LogP contribution is -2.12. The van der Waals surface area contributed by atoms with E-state index < -0.39 is 5.97 Å². The number of anilines is 1. The van der Waals surface area contributed by atoms with Crippen molar-refractivity contribution in [1.29, 1.82) is 0 Å². The number of fused-ring (bicyclic) bond motifs is 1. The van der Waals surface area contributed by atoms with Gasteiger partial charge in [-0.3, -0.25) is 9.59 Å². The van der Waals surface area contributed by atoms with Gasteiger partial charge < -0.3 is 15.2 Å². The van der Waals surface area contributed by atoms with Crippen LogP contribution >= 0.6 is 23.4 Å². The molecule has 27 heavy (non-hydrogen) atoms. The molecule has 7 heteroatoms. The number of benzene rings is 2. The number of carboxylic acids is 1. The first-order valence-electron chi connectivity index (χ1n) is 8.43. The third-order valence-corrected chi connectivity index (χ3v) is 5.48. The molecule has 0 radical (unpaired) electrons. The van der Waals surface area contributed by atoms with Crippen LogP contribution in [0.2, 0.25) is 5.02 Å². The van der Waals surface area contributed by atoms with Crippen LogP contribution in [-0.4, -0.2) is 29.8 Å². The molecule has 0 aliphatic carbocycles. The van der Waals surface area contributed by atoms with Crippen LogP contribution in [0.25, 0.3) is 0 Å². The second-order valence-electron chi connectivity index (χ2n) is 5.87. The first-order valence-corrected chi connectivity index (χ1v) is 9.86. The Morgan fingerprint density at radius 2 is 2.04 bits per heavy atom. The van der Waals surface area contributed by atoms with E-state index in [0.29, 0.717) is 10.8 Å². The summed E-state index contributed by atoms with van der Waals surface area (Å²) in [5.74, 6) is 0.483. The topological polar surface area (TPSA) is 75.6 Å². The van der Waals surface area contributed by atoms with Crippen LogP contribution in [0.5, 0.6) is 5.75 Å². The molecule has 0 saturated carbocycles. The minimum atomic E-state index is -0.833. The number of carbonyl (C=O) groups excluding carboxylic acids is 1. The summed E-state index contributed by atoms with van der Waals surface area (Å²) in [6, 6.07) is 11.7. The maximum atomic E-state index is 12.0. The van der Waals surface area contributed by atoms with Crippen molar-refractivity contribution in [3.63, 3.8) is 0 Å². The number of halogens is 1. The second kappa shape index (κ2) is 9.67. The molecule has 144 valence electrons. The number of nitrogens with one attached hydrogen (secondary N) is 1. The summed E-state index contributed by atoms with van der Waals surface area (Å²) in [5, 5.41) is 11.1. The Morgan fingerprint density at radius 3 is 2.67 bits per heavy atom. The molecule has 1 aliphatic rings. The maximum absolute atomic E-state index is 12.0. The zero-order valence-electron chi connectivity index (χ0n) is 15.4. The van der Waals surface area contributed by atoms with Gasteiger partial charge in [-0.25, -0.2) is 0 Å². The van der Waals surface area contributed by atoms with Crippen molar-refractivity contribution in [3.05, 3.63) is 58.1 Å². The van der Waals surface area contributed by atoms with Crippen LogP contribution in [0, 0.1) is 0 Å². The lowest BCUT2D eigenvalue weighted by atomic mass is 9.96. The van der Waals surface area contributed by atoms with E-state index in [0.717, 1.165) is 30.3 Å². The Morgan fingerprint density at radius 1 is 1.33 bits per heavy atom. The number of amides is 1. The van der Waals surface area contributed by atoms with E-state index in [2.05, 4.69) is 18.3 Å². The number of hydrogen-bond acceptors (Lipinski definition) is 4. The molecule has 1 aliphatic heterocycles. The van der Waals surface area contributed by atoms with Crippen molar-refractivity contribution in [1.82, 2.24) is 0 Å². The maximum Gasteiger partial charge on any atom is 0.300 e. The predicted molar refractivity (Wildman–Crippen MR) is 110 cm³/mol. The molecule has 0 bridgehead atoms. The van der Waals surface area contributed by atoms with Gasteiger partial charge in [0.1, 0.15) is 5.75 Å². The smallest absolute Gasteiger partial charge is 0.300 e. The minimum Gasteiger partial charge on any atom is -0.496 e. The molecule has 1 amide bonds. The fourth-order valence-electron chi connectivity index (χ4n) is 2.95. The predicted octanol–water partition coefficient (Wildman–Crippen LogP) is 4.78. The van der Waals surface area contributed by atoms with E-state index in [9.17, 15) is 4.79 Å². The Hall–Kier alpha value is -2.18. The number of thioether (sulfide) groups is 1.